The third kappa shape index (κ3) is 2.45. The van der Waals surface area contributed by atoms with Gasteiger partial charge in [0.05, 0.1) is 7.11 Å². The summed E-state index contributed by atoms with van der Waals surface area (Å²) in [5, 5.41) is 12.0. The molecule has 4 heteroatoms. The molecule has 14 heavy (non-hydrogen) atoms. The first-order valence-corrected chi connectivity index (χ1v) is 5.06. The molecule has 0 bridgehead atoms. The molecule has 82 valence electrons. The minimum atomic E-state index is -0.563. The standard InChI is InChI=1S/C10H19NO3/c1-10(9(13)14-2)7-8(4-6-12)3-5-11-10/h8,11-12H,3-7H2,1-2H3. The average molecular weight is 201 g/mol. The van der Waals surface area contributed by atoms with Crippen LogP contribution in [0.25, 0.3) is 0 Å². The molecule has 0 amide bonds. The van der Waals surface area contributed by atoms with Gasteiger partial charge in [-0.05, 0) is 38.6 Å². The van der Waals surface area contributed by atoms with Crippen molar-refractivity contribution in [2.24, 2.45) is 5.92 Å². The van der Waals surface area contributed by atoms with Crippen molar-refractivity contribution >= 4 is 5.97 Å². The molecule has 1 heterocycles. The highest BCUT2D eigenvalue weighted by atomic mass is 16.5. The highest BCUT2D eigenvalue weighted by molar-refractivity contribution is 5.80. The predicted molar refractivity (Wildman–Crippen MR) is 52.9 cm³/mol. The quantitative estimate of drug-likeness (QED) is 0.645. The molecule has 2 atom stereocenters. The Kier molecular flexibility index (Phi) is 3.89. The third-order valence-electron chi connectivity index (χ3n) is 2.94. The van der Waals surface area contributed by atoms with Gasteiger partial charge in [0.25, 0.3) is 0 Å². The van der Waals surface area contributed by atoms with Gasteiger partial charge in [-0.25, -0.2) is 0 Å². The fourth-order valence-corrected chi connectivity index (χ4v) is 2.11. The lowest BCUT2D eigenvalue weighted by Crippen LogP contribution is -2.55. The number of hydrogen-bond acceptors (Lipinski definition) is 4. The van der Waals surface area contributed by atoms with Crippen LogP contribution < -0.4 is 5.32 Å². The maximum absolute atomic E-state index is 11.5. The Bertz CT molecular complexity index is 206. The lowest BCUT2D eigenvalue weighted by atomic mass is 9.82. The normalized spacial score (nSPS) is 32.6. The molecule has 1 aliphatic heterocycles. The van der Waals surface area contributed by atoms with Gasteiger partial charge in [-0.3, -0.25) is 4.79 Å². The van der Waals surface area contributed by atoms with Crippen LogP contribution in [0.5, 0.6) is 0 Å². The van der Waals surface area contributed by atoms with E-state index < -0.39 is 5.54 Å². The van der Waals surface area contributed by atoms with Crippen LogP contribution in [-0.4, -0.2) is 36.9 Å². The zero-order valence-corrected chi connectivity index (χ0v) is 8.88. The Morgan fingerprint density at radius 2 is 2.43 bits per heavy atom. The Morgan fingerprint density at radius 3 is 3.00 bits per heavy atom. The van der Waals surface area contributed by atoms with E-state index in [0.29, 0.717) is 5.92 Å². The van der Waals surface area contributed by atoms with E-state index in [-0.39, 0.29) is 12.6 Å². The first-order valence-electron chi connectivity index (χ1n) is 5.06. The highest BCUT2D eigenvalue weighted by Gasteiger charge is 2.38. The lowest BCUT2D eigenvalue weighted by Gasteiger charge is -2.36. The largest absolute Gasteiger partial charge is 0.468 e. The van der Waals surface area contributed by atoms with Gasteiger partial charge >= 0.3 is 5.97 Å². The topological polar surface area (TPSA) is 58.6 Å². The number of methoxy groups -OCH3 is 1. The SMILES string of the molecule is COC(=O)C1(C)CC(CCO)CCN1. The van der Waals surface area contributed by atoms with Crippen LogP contribution >= 0.6 is 0 Å². The van der Waals surface area contributed by atoms with Crippen molar-refractivity contribution in [1.29, 1.82) is 0 Å². The van der Waals surface area contributed by atoms with Crippen LogP contribution in [0.2, 0.25) is 0 Å². The molecule has 2 unspecified atom stereocenters. The molecule has 1 fully saturated rings. The van der Waals surface area contributed by atoms with Gasteiger partial charge in [-0.15, -0.1) is 0 Å². The number of nitrogens with one attached hydrogen (secondary N) is 1. The number of piperidine rings is 1. The fraction of sp³-hybridized carbons (Fsp3) is 0.900. The number of rotatable bonds is 3. The highest BCUT2D eigenvalue weighted by Crippen LogP contribution is 2.27. The van der Waals surface area contributed by atoms with Crippen LogP contribution in [0.15, 0.2) is 0 Å². The summed E-state index contributed by atoms with van der Waals surface area (Å²) in [6.07, 6.45) is 2.54. The first kappa shape index (κ1) is 11.5. The second-order valence-corrected chi connectivity index (χ2v) is 4.12. The molecule has 1 saturated heterocycles. The van der Waals surface area contributed by atoms with Gasteiger partial charge in [0, 0.05) is 6.61 Å². The third-order valence-corrected chi connectivity index (χ3v) is 2.94. The Morgan fingerprint density at radius 1 is 1.71 bits per heavy atom. The van der Waals surface area contributed by atoms with Crippen LogP contribution in [0, 0.1) is 5.92 Å². The van der Waals surface area contributed by atoms with Gasteiger partial charge in [0.15, 0.2) is 0 Å². The van der Waals surface area contributed by atoms with Crippen molar-refractivity contribution in [1.82, 2.24) is 5.32 Å². The van der Waals surface area contributed by atoms with E-state index in [1.165, 1.54) is 7.11 Å². The smallest absolute Gasteiger partial charge is 0.325 e. The summed E-state index contributed by atoms with van der Waals surface area (Å²) in [6, 6.07) is 0. The molecule has 0 aromatic heterocycles. The van der Waals surface area contributed by atoms with Gasteiger partial charge < -0.3 is 15.2 Å². The van der Waals surface area contributed by atoms with Crippen molar-refractivity contribution in [3.8, 4) is 0 Å². The maximum Gasteiger partial charge on any atom is 0.325 e. The molecular formula is C10H19NO3. The first-order chi connectivity index (χ1) is 6.62. The molecule has 0 spiro atoms. The summed E-state index contributed by atoms with van der Waals surface area (Å²) < 4.78 is 4.76. The van der Waals surface area contributed by atoms with E-state index in [2.05, 4.69) is 5.32 Å². The molecular weight excluding hydrogens is 182 g/mol. The average Bonchev–Trinajstić information content (AvgIpc) is 2.17. The van der Waals surface area contributed by atoms with Crippen molar-refractivity contribution in [2.75, 3.05) is 20.3 Å². The maximum atomic E-state index is 11.5. The molecule has 0 aliphatic carbocycles. The Hall–Kier alpha value is -0.610. The summed E-state index contributed by atoms with van der Waals surface area (Å²) in [5.74, 6) is 0.213. The number of esters is 1. The Labute approximate surface area is 84.6 Å². The Balaban J connectivity index is 2.57. The number of hydrogen-bond donors (Lipinski definition) is 2. The molecule has 1 rings (SSSR count). The monoisotopic (exact) mass is 201 g/mol. The molecule has 2 N–H and O–H groups in total. The molecule has 1 aliphatic rings. The van der Waals surface area contributed by atoms with E-state index in [9.17, 15) is 4.79 Å². The van der Waals surface area contributed by atoms with Crippen LogP contribution in [0.3, 0.4) is 0 Å². The number of carbonyl (C=O) groups excluding carboxylic acids is 1. The zero-order chi connectivity index (χ0) is 10.6. The summed E-state index contributed by atoms with van der Waals surface area (Å²) >= 11 is 0. The minimum absolute atomic E-state index is 0.196. The summed E-state index contributed by atoms with van der Waals surface area (Å²) in [4.78, 5) is 11.5. The van der Waals surface area contributed by atoms with Gasteiger partial charge in [-0.1, -0.05) is 0 Å². The van der Waals surface area contributed by atoms with Crippen LogP contribution in [-0.2, 0) is 9.53 Å². The second kappa shape index (κ2) is 4.75. The van der Waals surface area contributed by atoms with E-state index >= 15 is 0 Å². The summed E-state index contributed by atoms with van der Waals surface area (Å²) in [5.41, 5.74) is -0.563. The summed E-state index contributed by atoms with van der Waals surface area (Å²) in [7, 11) is 1.41. The number of ether oxygens (including phenoxy) is 1. The number of aliphatic hydroxyl groups is 1. The zero-order valence-electron chi connectivity index (χ0n) is 8.88. The van der Waals surface area contributed by atoms with Crippen LogP contribution in [0.4, 0.5) is 0 Å². The second-order valence-electron chi connectivity index (χ2n) is 4.12. The van der Waals surface area contributed by atoms with E-state index in [1.807, 2.05) is 6.92 Å². The number of carbonyl (C=O) groups is 1. The molecule has 0 radical (unpaired) electrons. The number of aliphatic hydroxyl groups excluding tert-OH is 1. The van der Waals surface area contributed by atoms with Crippen molar-refractivity contribution in [2.45, 2.75) is 31.7 Å². The van der Waals surface area contributed by atoms with Crippen LogP contribution in [0.1, 0.15) is 26.2 Å². The van der Waals surface area contributed by atoms with Gasteiger partial charge in [0.2, 0.25) is 0 Å². The van der Waals surface area contributed by atoms with Crippen molar-refractivity contribution in [3.63, 3.8) is 0 Å². The molecule has 0 aromatic rings. The minimum Gasteiger partial charge on any atom is -0.468 e. The lowest BCUT2D eigenvalue weighted by molar-refractivity contribution is -0.149. The van der Waals surface area contributed by atoms with E-state index in [0.717, 1.165) is 25.8 Å². The molecule has 4 nitrogen and oxygen atoms in total. The molecule has 0 aromatic carbocycles. The fourth-order valence-electron chi connectivity index (χ4n) is 2.11. The van der Waals surface area contributed by atoms with Crippen molar-refractivity contribution < 1.29 is 14.6 Å². The summed E-state index contributed by atoms with van der Waals surface area (Å²) in [6.45, 7) is 2.88. The van der Waals surface area contributed by atoms with Crippen molar-refractivity contribution in [3.05, 3.63) is 0 Å². The molecule has 0 saturated carbocycles. The van der Waals surface area contributed by atoms with E-state index in [1.54, 1.807) is 0 Å². The predicted octanol–water partition coefficient (Wildman–Crippen LogP) is 0.300. The van der Waals surface area contributed by atoms with Gasteiger partial charge in [-0.2, -0.15) is 0 Å². The van der Waals surface area contributed by atoms with E-state index in [4.69, 9.17) is 9.84 Å². The van der Waals surface area contributed by atoms with Gasteiger partial charge in [0.1, 0.15) is 5.54 Å².